The molecule has 1 unspecified atom stereocenters. The van der Waals surface area contributed by atoms with Crippen LogP contribution in [-0.4, -0.2) is 54.0 Å². The van der Waals surface area contributed by atoms with Crippen molar-refractivity contribution < 1.29 is 32.8 Å². The van der Waals surface area contributed by atoms with Crippen molar-refractivity contribution >= 4 is 23.3 Å². The highest BCUT2D eigenvalue weighted by Crippen LogP contribution is 2.31. The summed E-state index contributed by atoms with van der Waals surface area (Å²) in [6.07, 6.45) is 0.261. The number of halogens is 2. The first-order valence-corrected chi connectivity index (χ1v) is 10.6. The van der Waals surface area contributed by atoms with Crippen LogP contribution in [0.3, 0.4) is 0 Å². The maximum Gasteiger partial charge on any atom is 0.414 e. The van der Waals surface area contributed by atoms with Crippen LogP contribution in [0.1, 0.15) is 12.0 Å². The summed E-state index contributed by atoms with van der Waals surface area (Å²) in [5.41, 5.74) is 1.45. The summed E-state index contributed by atoms with van der Waals surface area (Å²) in [6, 6.07) is 10.1. The number of oxime groups is 1. The van der Waals surface area contributed by atoms with Crippen molar-refractivity contribution in [1.29, 1.82) is 0 Å². The van der Waals surface area contributed by atoms with Crippen molar-refractivity contribution in [2.45, 2.75) is 18.6 Å². The second kappa shape index (κ2) is 9.10. The van der Waals surface area contributed by atoms with Gasteiger partial charge in [-0.25, -0.2) is 13.6 Å². The number of carbonyl (C=O) groups is 1. The fourth-order valence-corrected chi connectivity index (χ4v) is 3.86. The van der Waals surface area contributed by atoms with Crippen molar-refractivity contribution in [3.63, 3.8) is 0 Å². The minimum absolute atomic E-state index is 0.0578. The normalized spacial score (nSPS) is 19.7. The number of ether oxygens (including phenoxy) is 1. The second-order valence-corrected chi connectivity index (χ2v) is 7.89. The van der Waals surface area contributed by atoms with Gasteiger partial charge in [0.25, 0.3) is 0 Å². The molecule has 2 aliphatic heterocycles. The molecule has 176 valence electrons. The molecule has 11 heteroatoms. The highest BCUT2D eigenvalue weighted by atomic mass is 19.1. The van der Waals surface area contributed by atoms with E-state index in [1.54, 1.807) is 18.2 Å². The van der Waals surface area contributed by atoms with Gasteiger partial charge in [0.2, 0.25) is 0 Å². The van der Waals surface area contributed by atoms with Crippen LogP contribution in [0.4, 0.5) is 25.1 Å². The second-order valence-electron chi connectivity index (χ2n) is 7.89. The van der Waals surface area contributed by atoms with Crippen LogP contribution in [-0.2, 0) is 9.57 Å². The van der Waals surface area contributed by atoms with Crippen LogP contribution < -0.4 is 10.2 Å². The van der Waals surface area contributed by atoms with Gasteiger partial charge in [-0.15, -0.1) is 0 Å². The van der Waals surface area contributed by atoms with Gasteiger partial charge < -0.3 is 24.5 Å². The van der Waals surface area contributed by atoms with Crippen molar-refractivity contribution in [3.8, 4) is 11.1 Å². The van der Waals surface area contributed by atoms with Gasteiger partial charge in [0.15, 0.2) is 11.9 Å². The number of nitrogens with zero attached hydrogens (tertiary/aromatic N) is 3. The van der Waals surface area contributed by atoms with E-state index in [1.165, 1.54) is 35.4 Å². The van der Waals surface area contributed by atoms with Gasteiger partial charge >= 0.3 is 6.09 Å². The topological polar surface area (TPSA) is 109 Å². The highest BCUT2D eigenvalue weighted by Gasteiger charge is 2.33. The largest absolute Gasteiger partial charge is 0.442 e. The summed E-state index contributed by atoms with van der Waals surface area (Å²) in [5.74, 6) is -0.791. The van der Waals surface area contributed by atoms with Gasteiger partial charge in [0, 0.05) is 29.2 Å². The minimum atomic E-state index is -0.678. The first kappa shape index (κ1) is 21.8. The summed E-state index contributed by atoms with van der Waals surface area (Å²) < 4.78 is 39.9. The molecule has 5 rings (SSSR count). The van der Waals surface area contributed by atoms with E-state index in [4.69, 9.17) is 19.2 Å². The van der Waals surface area contributed by atoms with Gasteiger partial charge in [0.1, 0.15) is 24.0 Å². The van der Waals surface area contributed by atoms with Gasteiger partial charge in [0.05, 0.1) is 31.1 Å². The third-order valence-corrected chi connectivity index (χ3v) is 5.62. The molecule has 0 bridgehead atoms. The number of aliphatic hydroxyl groups is 1. The molecule has 0 aliphatic carbocycles. The van der Waals surface area contributed by atoms with E-state index in [0.29, 0.717) is 35.7 Å². The molecule has 1 aromatic heterocycles. The zero-order valence-electron chi connectivity index (χ0n) is 17.8. The summed E-state index contributed by atoms with van der Waals surface area (Å²) in [7, 11) is 0. The van der Waals surface area contributed by atoms with E-state index >= 15 is 0 Å². The van der Waals surface area contributed by atoms with Crippen molar-refractivity contribution in [2.24, 2.45) is 5.16 Å². The first-order valence-electron chi connectivity index (χ1n) is 10.6. The van der Waals surface area contributed by atoms with Gasteiger partial charge in [-0.2, -0.15) is 0 Å². The Labute approximate surface area is 192 Å². The van der Waals surface area contributed by atoms with Crippen LogP contribution in [0.2, 0.25) is 0 Å². The van der Waals surface area contributed by atoms with Crippen LogP contribution in [0.25, 0.3) is 11.1 Å². The lowest BCUT2D eigenvalue weighted by molar-refractivity contribution is 0.0390. The Kier molecular flexibility index (Phi) is 5.84. The Morgan fingerprint density at radius 1 is 1.09 bits per heavy atom. The number of rotatable bonds is 7. The smallest absolute Gasteiger partial charge is 0.414 e. The zero-order chi connectivity index (χ0) is 23.7. The Morgan fingerprint density at radius 2 is 1.88 bits per heavy atom. The standard InChI is InChI=1S/C23H20F2N4O5/c24-19-7-13(21-9-15(12-30)34-27-21)1-3-17(19)18-4-2-14(8-20(18)25)29-11-16(33-23(29)31)10-26-22-5-6-32-28-22/h1-8,15-16,30H,9-12H2,(H,26,28)/t15?,16-/m0/s1. The Bertz CT molecular complexity index is 1230. The lowest BCUT2D eigenvalue weighted by Gasteiger charge is -2.15. The number of nitrogens with one attached hydrogen (secondary N) is 1. The lowest BCUT2D eigenvalue weighted by Crippen LogP contribution is -2.27. The van der Waals surface area contributed by atoms with E-state index in [1.807, 2.05) is 0 Å². The maximum atomic E-state index is 15.0. The molecule has 1 amide bonds. The molecule has 0 radical (unpaired) electrons. The molecule has 3 aromatic rings. The summed E-state index contributed by atoms with van der Waals surface area (Å²) in [4.78, 5) is 18.7. The van der Waals surface area contributed by atoms with Crippen molar-refractivity contribution in [1.82, 2.24) is 5.16 Å². The average Bonchev–Trinajstić information content (AvgIpc) is 3.59. The predicted molar refractivity (Wildman–Crippen MR) is 118 cm³/mol. The van der Waals surface area contributed by atoms with E-state index in [9.17, 15) is 13.6 Å². The van der Waals surface area contributed by atoms with E-state index < -0.39 is 29.9 Å². The summed E-state index contributed by atoms with van der Waals surface area (Å²) >= 11 is 0. The quantitative estimate of drug-likeness (QED) is 0.544. The number of benzene rings is 2. The molecule has 9 nitrogen and oxygen atoms in total. The molecule has 2 aromatic carbocycles. The van der Waals surface area contributed by atoms with Gasteiger partial charge in [-0.1, -0.05) is 22.4 Å². The Balaban J connectivity index is 1.30. The molecule has 0 spiro atoms. The molecule has 3 heterocycles. The molecule has 34 heavy (non-hydrogen) atoms. The molecular formula is C23H20F2N4O5. The highest BCUT2D eigenvalue weighted by molar-refractivity contribution is 6.01. The van der Waals surface area contributed by atoms with Crippen LogP contribution >= 0.6 is 0 Å². The lowest BCUT2D eigenvalue weighted by atomic mass is 9.99. The zero-order valence-corrected chi connectivity index (χ0v) is 17.8. The Morgan fingerprint density at radius 3 is 2.56 bits per heavy atom. The molecule has 2 N–H and O–H groups in total. The Hall–Kier alpha value is -3.99. The van der Waals surface area contributed by atoms with Gasteiger partial charge in [-0.3, -0.25) is 4.90 Å². The predicted octanol–water partition coefficient (Wildman–Crippen LogP) is 3.54. The number of cyclic esters (lactones) is 1. The third kappa shape index (κ3) is 4.29. The van der Waals surface area contributed by atoms with Crippen LogP contribution in [0.5, 0.6) is 0 Å². The number of amides is 1. The first-order chi connectivity index (χ1) is 16.5. The fourth-order valence-electron chi connectivity index (χ4n) is 3.86. The number of hydrogen-bond acceptors (Lipinski definition) is 8. The molecule has 0 saturated carbocycles. The summed E-state index contributed by atoms with van der Waals surface area (Å²) in [6.45, 7) is 0.335. The summed E-state index contributed by atoms with van der Waals surface area (Å²) in [5, 5.41) is 19.7. The number of aromatic nitrogens is 1. The fraction of sp³-hybridized carbons (Fsp3) is 0.261. The molecule has 1 saturated heterocycles. The number of carbonyl (C=O) groups excluding carboxylic acids is 1. The van der Waals surface area contributed by atoms with Crippen LogP contribution in [0.15, 0.2) is 58.4 Å². The van der Waals surface area contributed by atoms with Crippen molar-refractivity contribution in [3.05, 3.63) is 65.9 Å². The maximum absolute atomic E-state index is 15.0. The molecular weight excluding hydrogens is 450 g/mol. The number of aliphatic hydroxyl groups excluding tert-OH is 1. The number of hydrogen-bond donors (Lipinski definition) is 2. The number of anilines is 2. The van der Waals surface area contributed by atoms with E-state index in [0.717, 1.165) is 0 Å². The molecule has 2 aliphatic rings. The SMILES string of the molecule is O=C1O[C@@H](CNc2ccon2)CN1c1ccc(-c2ccc(C3=NOC(CO)C3)cc2F)c(F)c1. The monoisotopic (exact) mass is 470 g/mol. The van der Waals surface area contributed by atoms with Crippen LogP contribution in [0, 0.1) is 11.6 Å². The average molecular weight is 470 g/mol. The minimum Gasteiger partial charge on any atom is -0.442 e. The molecule has 2 atom stereocenters. The molecule has 1 fully saturated rings. The third-order valence-electron chi connectivity index (χ3n) is 5.62. The van der Waals surface area contributed by atoms with E-state index in [-0.39, 0.29) is 24.3 Å². The van der Waals surface area contributed by atoms with Crippen molar-refractivity contribution in [2.75, 3.05) is 29.9 Å². The van der Waals surface area contributed by atoms with E-state index in [2.05, 4.69) is 15.6 Å². The van der Waals surface area contributed by atoms with Gasteiger partial charge in [-0.05, 0) is 24.3 Å².